The Labute approximate surface area is 126 Å². The van der Waals surface area contributed by atoms with Crippen molar-refractivity contribution in [2.75, 3.05) is 19.0 Å². The lowest BCUT2D eigenvalue weighted by atomic mass is 10.1. The lowest BCUT2D eigenvalue weighted by molar-refractivity contribution is 0.309. The first-order chi connectivity index (χ1) is 10.1. The number of anilines is 1. The van der Waals surface area contributed by atoms with Gasteiger partial charge in [0, 0.05) is 17.8 Å². The van der Waals surface area contributed by atoms with Gasteiger partial charge in [-0.1, -0.05) is 18.2 Å². The van der Waals surface area contributed by atoms with Crippen LogP contribution in [0.4, 0.5) is 5.69 Å². The molecule has 0 aliphatic heterocycles. The fourth-order valence-corrected chi connectivity index (χ4v) is 2.48. The third kappa shape index (κ3) is 3.91. The summed E-state index contributed by atoms with van der Waals surface area (Å²) in [4.78, 5) is 0. The molecule has 0 heterocycles. The fourth-order valence-electron chi connectivity index (χ4n) is 2.48. The van der Waals surface area contributed by atoms with Crippen LogP contribution in [0.3, 0.4) is 0 Å². The van der Waals surface area contributed by atoms with Crippen LogP contribution in [-0.4, -0.2) is 13.7 Å². The van der Waals surface area contributed by atoms with E-state index in [0.29, 0.717) is 13.2 Å². The molecule has 0 fully saturated rings. The van der Waals surface area contributed by atoms with Gasteiger partial charge in [-0.15, -0.1) is 0 Å². The van der Waals surface area contributed by atoms with Gasteiger partial charge in [0.05, 0.1) is 13.7 Å². The highest BCUT2D eigenvalue weighted by molar-refractivity contribution is 5.52. The van der Waals surface area contributed by atoms with E-state index in [1.807, 2.05) is 19.1 Å². The third-order valence-corrected chi connectivity index (χ3v) is 3.27. The first-order valence-corrected chi connectivity index (χ1v) is 7.25. The van der Waals surface area contributed by atoms with Crippen LogP contribution < -0.4 is 14.8 Å². The van der Waals surface area contributed by atoms with Crippen molar-refractivity contribution in [2.24, 2.45) is 0 Å². The van der Waals surface area contributed by atoms with Crippen molar-refractivity contribution in [3.05, 3.63) is 53.1 Å². The summed E-state index contributed by atoms with van der Waals surface area (Å²) in [5.41, 5.74) is 4.72. The molecule has 0 radical (unpaired) electrons. The molecule has 0 amide bonds. The van der Waals surface area contributed by atoms with Crippen LogP contribution in [0, 0.1) is 13.8 Å². The third-order valence-electron chi connectivity index (χ3n) is 3.27. The highest BCUT2D eigenvalue weighted by Crippen LogP contribution is 2.31. The van der Waals surface area contributed by atoms with Gasteiger partial charge in [0.1, 0.15) is 0 Å². The summed E-state index contributed by atoms with van der Waals surface area (Å²) in [6, 6.07) is 12.4. The smallest absolute Gasteiger partial charge is 0.165 e. The van der Waals surface area contributed by atoms with Gasteiger partial charge in [-0.3, -0.25) is 0 Å². The zero-order valence-electron chi connectivity index (χ0n) is 13.2. The molecule has 2 aromatic carbocycles. The second-order valence-corrected chi connectivity index (χ2v) is 5.11. The van der Waals surface area contributed by atoms with E-state index in [-0.39, 0.29) is 0 Å². The van der Waals surface area contributed by atoms with Gasteiger partial charge in [0.2, 0.25) is 0 Å². The molecule has 0 saturated carbocycles. The van der Waals surface area contributed by atoms with Gasteiger partial charge in [0.15, 0.2) is 11.5 Å². The van der Waals surface area contributed by atoms with Crippen LogP contribution in [0.25, 0.3) is 0 Å². The fraction of sp³-hybridized carbons (Fsp3) is 0.333. The second-order valence-electron chi connectivity index (χ2n) is 5.11. The number of hydrogen-bond acceptors (Lipinski definition) is 3. The maximum absolute atomic E-state index is 5.61. The van der Waals surface area contributed by atoms with E-state index in [0.717, 1.165) is 22.7 Å². The normalized spacial score (nSPS) is 10.3. The number of hydrogen-bond donors (Lipinski definition) is 1. The average molecular weight is 285 g/mol. The average Bonchev–Trinajstić information content (AvgIpc) is 2.44. The van der Waals surface area contributed by atoms with Crippen LogP contribution in [0.15, 0.2) is 36.4 Å². The molecule has 0 aromatic heterocycles. The second kappa shape index (κ2) is 7.02. The Morgan fingerprint density at radius 1 is 1.05 bits per heavy atom. The van der Waals surface area contributed by atoms with E-state index in [1.165, 1.54) is 11.1 Å². The molecule has 0 unspecified atom stereocenters. The Morgan fingerprint density at radius 2 is 1.76 bits per heavy atom. The molecule has 2 aromatic rings. The van der Waals surface area contributed by atoms with Crippen LogP contribution in [0.1, 0.15) is 23.6 Å². The molecule has 0 aliphatic carbocycles. The Hall–Kier alpha value is -2.16. The SMILES string of the molecule is CCOc1cccc(CNc2cc(C)cc(C)c2)c1OC. The molecular formula is C18H23NO2. The molecule has 0 bridgehead atoms. The van der Waals surface area contributed by atoms with E-state index in [2.05, 4.69) is 43.4 Å². The summed E-state index contributed by atoms with van der Waals surface area (Å²) < 4.78 is 11.1. The molecule has 0 spiro atoms. The Morgan fingerprint density at radius 3 is 2.38 bits per heavy atom. The predicted octanol–water partition coefficient (Wildman–Crippen LogP) is 4.32. The van der Waals surface area contributed by atoms with Crippen molar-refractivity contribution >= 4 is 5.69 Å². The molecule has 112 valence electrons. The summed E-state index contributed by atoms with van der Waals surface area (Å²) in [7, 11) is 1.68. The van der Waals surface area contributed by atoms with Crippen molar-refractivity contribution in [3.63, 3.8) is 0 Å². The molecule has 0 aliphatic rings. The minimum absolute atomic E-state index is 0.629. The Balaban J connectivity index is 2.17. The number of aryl methyl sites for hydroxylation is 2. The van der Waals surface area contributed by atoms with Gasteiger partial charge in [-0.2, -0.15) is 0 Å². The lowest BCUT2D eigenvalue weighted by Gasteiger charge is -2.15. The number of ether oxygens (including phenoxy) is 2. The van der Waals surface area contributed by atoms with Gasteiger partial charge in [-0.25, -0.2) is 0 Å². The van der Waals surface area contributed by atoms with E-state index < -0.39 is 0 Å². The minimum Gasteiger partial charge on any atom is -0.493 e. The number of benzene rings is 2. The summed E-state index contributed by atoms with van der Waals surface area (Å²) in [5.74, 6) is 1.59. The first-order valence-electron chi connectivity index (χ1n) is 7.25. The van der Waals surface area contributed by atoms with Gasteiger partial charge in [-0.05, 0) is 50.1 Å². The molecule has 2 rings (SSSR count). The Bertz CT molecular complexity index is 588. The standard InChI is InChI=1S/C18H23NO2/c1-5-21-17-8-6-7-15(18(17)20-4)12-19-16-10-13(2)9-14(3)11-16/h6-11,19H,5,12H2,1-4H3. The van der Waals surface area contributed by atoms with Crippen LogP contribution in [0.2, 0.25) is 0 Å². The maximum atomic E-state index is 5.61. The van der Waals surface area contributed by atoms with Crippen LogP contribution in [-0.2, 0) is 6.54 Å². The maximum Gasteiger partial charge on any atom is 0.165 e. The molecule has 21 heavy (non-hydrogen) atoms. The Kier molecular flexibility index (Phi) is 5.09. The van der Waals surface area contributed by atoms with E-state index in [4.69, 9.17) is 9.47 Å². The predicted molar refractivity (Wildman–Crippen MR) is 87.4 cm³/mol. The number of nitrogens with one attached hydrogen (secondary N) is 1. The quantitative estimate of drug-likeness (QED) is 0.857. The minimum atomic E-state index is 0.629. The largest absolute Gasteiger partial charge is 0.493 e. The van der Waals surface area contributed by atoms with Crippen LogP contribution in [0.5, 0.6) is 11.5 Å². The molecule has 3 nitrogen and oxygen atoms in total. The molecule has 0 saturated heterocycles. The van der Waals surface area contributed by atoms with E-state index in [9.17, 15) is 0 Å². The summed E-state index contributed by atoms with van der Waals surface area (Å²) in [6.07, 6.45) is 0. The zero-order valence-corrected chi connectivity index (χ0v) is 13.2. The van der Waals surface area contributed by atoms with E-state index >= 15 is 0 Å². The summed E-state index contributed by atoms with van der Waals surface area (Å²) in [5, 5.41) is 3.45. The summed E-state index contributed by atoms with van der Waals surface area (Å²) in [6.45, 7) is 7.51. The highest BCUT2D eigenvalue weighted by atomic mass is 16.5. The molecule has 3 heteroatoms. The van der Waals surface area contributed by atoms with Crippen molar-refractivity contribution in [1.29, 1.82) is 0 Å². The van der Waals surface area contributed by atoms with Gasteiger partial charge >= 0.3 is 0 Å². The number of methoxy groups -OCH3 is 1. The molecular weight excluding hydrogens is 262 g/mol. The van der Waals surface area contributed by atoms with Crippen molar-refractivity contribution in [1.82, 2.24) is 0 Å². The highest BCUT2D eigenvalue weighted by Gasteiger charge is 2.09. The van der Waals surface area contributed by atoms with E-state index in [1.54, 1.807) is 7.11 Å². The number of rotatable bonds is 6. The van der Waals surface area contributed by atoms with Crippen molar-refractivity contribution < 1.29 is 9.47 Å². The first kappa shape index (κ1) is 15.2. The molecule has 1 N–H and O–H groups in total. The van der Waals surface area contributed by atoms with Crippen molar-refractivity contribution in [2.45, 2.75) is 27.3 Å². The lowest BCUT2D eigenvalue weighted by Crippen LogP contribution is -2.04. The van der Waals surface area contributed by atoms with Gasteiger partial charge in [0.25, 0.3) is 0 Å². The summed E-state index contributed by atoms with van der Waals surface area (Å²) >= 11 is 0. The number of para-hydroxylation sites is 1. The molecule has 0 atom stereocenters. The monoisotopic (exact) mass is 285 g/mol. The van der Waals surface area contributed by atoms with Crippen molar-refractivity contribution in [3.8, 4) is 11.5 Å². The zero-order chi connectivity index (χ0) is 15.2. The van der Waals surface area contributed by atoms with Crippen LogP contribution >= 0.6 is 0 Å². The van der Waals surface area contributed by atoms with Gasteiger partial charge < -0.3 is 14.8 Å². The topological polar surface area (TPSA) is 30.5 Å².